The van der Waals surface area contributed by atoms with E-state index in [-0.39, 0.29) is 24.6 Å². The van der Waals surface area contributed by atoms with E-state index in [0.29, 0.717) is 19.0 Å². The summed E-state index contributed by atoms with van der Waals surface area (Å²) in [5.41, 5.74) is 1.16. The first kappa shape index (κ1) is 16.9. The lowest BCUT2D eigenvalue weighted by Crippen LogP contribution is -2.65. The topological polar surface area (TPSA) is 69.6 Å². The molecule has 2 fully saturated rings. The first-order valence-corrected chi connectivity index (χ1v) is 10.2. The van der Waals surface area contributed by atoms with Gasteiger partial charge >= 0.3 is 0 Å². The molecule has 3 atom stereocenters. The van der Waals surface area contributed by atoms with E-state index in [1.165, 1.54) is 12.7 Å². The van der Waals surface area contributed by atoms with E-state index in [4.69, 9.17) is 0 Å². The minimum absolute atomic E-state index is 0.00696. The molecule has 0 unspecified atom stereocenters. The number of aliphatic hydroxyl groups is 1. The van der Waals surface area contributed by atoms with Crippen LogP contribution in [0.2, 0.25) is 0 Å². The molecule has 1 aromatic carbocycles. The van der Waals surface area contributed by atoms with Gasteiger partial charge in [-0.05, 0) is 24.3 Å². The van der Waals surface area contributed by atoms with Crippen LogP contribution in [0.25, 0.3) is 0 Å². The maximum atomic E-state index is 12.1. The molecular formula is C17H26N2O3S. The number of sulfonamides is 1. The van der Waals surface area contributed by atoms with Crippen molar-refractivity contribution in [1.82, 2.24) is 9.62 Å². The van der Waals surface area contributed by atoms with Crippen LogP contribution in [0.15, 0.2) is 30.3 Å². The summed E-state index contributed by atoms with van der Waals surface area (Å²) in [5, 5.41) is 12.9. The molecular weight excluding hydrogens is 312 g/mol. The smallest absolute Gasteiger partial charge is 0.211 e. The van der Waals surface area contributed by atoms with Crippen LogP contribution in [-0.4, -0.2) is 55.9 Å². The predicted molar refractivity (Wildman–Crippen MR) is 90.7 cm³/mol. The lowest BCUT2D eigenvalue weighted by molar-refractivity contribution is 0.109. The van der Waals surface area contributed by atoms with Crippen molar-refractivity contribution in [3.8, 4) is 0 Å². The third-order valence-corrected chi connectivity index (χ3v) is 6.47. The van der Waals surface area contributed by atoms with E-state index < -0.39 is 10.0 Å². The summed E-state index contributed by atoms with van der Waals surface area (Å²) in [6, 6.07) is 10.1. The lowest BCUT2D eigenvalue weighted by atomic mass is 9.77. The van der Waals surface area contributed by atoms with Gasteiger partial charge in [0.2, 0.25) is 10.0 Å². The van der Waals surface area contributed by atoms with Gasteiger partial charge in [-0.3, -0.25) is 0 Å². The maximum absolute atomic E-state index is 12.1. The third-order valence-electron chi connectivity index (χ3n) is 5.23. The zero-order valence-corrected chi connectivity index (χ0v) is 14.4. The van der Waals surface area contributed by atoms with Crippen molar-refractivity contribution >= 4 is 10.0 Å². The van der Waals surface area contributed by atoms with E-state index >= 15 is 0 Å². The molecule has 1 aromatic rings. The number of hydrogen-bond donors (Lipinski definition) is 2. The van der Waals surface area contributed by atoms with E-state index in [9.17, 15) is 13.5 Å². The zero-order chi connectivity index (χ0) is 16.4. The van der Waals surface area contributed by atoms with Gasteiger partial charge in [0.25, 0.3) is 0 Å². The molecule has 0 bridgehead atoms. The summed E-state index contributed by atoms with van der Waals surface area (Å²) in [6.07, 6.45) is 4.77. The quantitative estimate of drug-likeness (QED) is 0.783. The molecule has 6 heteroatoms. The van der Waals surface area contributed by atoms with Crippen molar-refractivity contribution in [2.45, 2.75) is 37.3 Å². The number of aliphatic hydroxyl groups excluding tert-OH is 1. The Balaban J connectivity index is 1.71. The highest BCUT2D eigenvalue weighted by Gasteiger charge is 2.43. The normalized spacial score (nSPS) is 28.4. The summed E-state index contributed by atoms with van der Waals surface area (Å²) in [5.74, 6) is 0.667. The SMILES string of the molecule is CS(=O)(=O)N(CC1CCC1)C[C@H]1N[C@@H](CO)[C@H]1c1ccccc1. The molecule has 1 aliphatic heterocycles. The number of hydrogen-bond acceptors (Lipinski definition) is 4. The summed E-state index contributed by atoms with van der Waals surface area (Å²) >= 11 is 0. The Morgan fingerprint density at radius 1 is 1.17 bits per heavy atom. The second-order valence-corrected chi connectivity index (χ2v) is 8.86. The van der Waals surface area contributed by atoms with Crippen LogP contribution in [0, 0.1) is 5.92 Å². The highest BCUT2D eigenvalue weighted by Crippen LogP contribution is 2.34. The van der Waals surface area contributed by atoms with E-state index in [1.54, 1.807) is 4.31 Å². The molecule has 0 aromatic heterocycles. The van der Waals surface area contributed by atoms with Crippen LogP contribution >= 0.6 is 0 Å². The molecule has 1 heterocycles. The molecule has 128 valence electrons. The first-order valence-electron chi connectivity index (χ1n) is 8.36. The number of nitrogens with one attached hydrogen (secondary N) is 1. The van der Waals surface area contributed by atoms with E-state index in [0.717, 1.165) is 18.4 Å². The van der Waals surface area contributed by atoms with Gasteiger partial charge in [0.1, 0.15) is 0 Å². The van der Waals surface area contributed by atoms with E-state index in [2.05, 4.69) is 17.4 Å². The summed E-state index contributed by atoms with van der Waals surface area (Å²) in [4.78, 5) is 0. The van der Waals surface area contributed by atoms with Gasteiger partial charge in [0, 0.05) is 31.1 Å². The molecule has 5 nitrogen and oxygen atoms in total. The Kier molecular flexibility index (Phi) is 5.06. The minimum atomic E-state index is -3.21. The fourth-order valence-electron chi connectivity index (χ4n) is 3.64. The van der Waals surface area contributed by atoms with Gasteiger partial charge in [0.05, 0.1) is 12.9 Å². The molecule has 2 N–H and O–H groups in total. The Labute approximate surface area is 138 Å². The Morgan fingerprint density at radius 3 is 2.39 bits per heavy atom. The lowest BCUT2D eigenvalue weighted by Gasteiger charge is -2.47. The number of benzene rings is 1. The average molecular weight is 338 g/mol. The fourth-order valence-corrected chi connectivity index (χ4v) is 4.56. The van der Waals surface area contributed by atoms with Crippen LogP contribution in [0.3, 0.4) is 0 Å². The highest BCUT2D eigenvalue weighted by atomic mass is 32.2. The third kappa shape index (κ3) is 3.76. The molecule has 2 aliphatic rings. The fraction of sp³-hybridized carbons (Fsp3) is 0.647. The van der Waals surface area contributed by atoms with Crippen LogP contribution in [-0.2, 0) is 10.0 Å². The Morgan fingerprint density at radius 2 is 1.87 bits per heavy atom. The van der Waals surface area contributed by atoms with Crippen LogP contribution < -0.4 is 5.32 Å². The molecule has 0 radical (unpaired) electrons. The monoisotopic (exact) mass is 338 g/mol. The zero-order valence-electron chi connectivity index (χ0n) is 13.6. The average Bonchev–Trinajstić information content (AvgIpc) is 2.43. The standard InChI is InChI=1S/C17H26N2O3S/c1-23(21,22)19(10-13-6-5-7-13)11-15-17(16(12-20)18-15)14-8-3-2-4-9-14/h2-4,8-9,13,15-18,20H,5-7,10-12H2,1H3/t15-,16+,17+/m1/s1. The van der Waals surface area contributed by atoms with Crippen LogP contribution in [0.5, 0.6) is 0 Å². The Hall–Kier alpha value is -0.950. The molecule has 0 spiro atoms. The van der Waals surface area contributed by atoms with Gasteiger partial charge in [-0.15, -0.1) is 0 Å². The van der Waals surface area contributed by atoms with Crippen molar-refractivity contribution in [3.05, 3.63) is 35.9 Å². The summed E-state index contributed by atoms with van der Waals surface area (Å²) in [7, 11) is -3.21. The minimum Gasteiger partial charge on any atom is -0.395 e. The first-order chi connectivity index (χ1) is 11.0. The number of nitrogens with zero attached hydrogens (tertiary/aromatic N) is 1. The summed E-state index contributed by atoms with van der Waals surface area (Å²) < 4.78 is 25.9. The molecule has 23 heavy (non-hydrogen) atoms. The Bertz CT molecular complexity index is 616. The molecule has 1 aliphatic carbocycles. The van der Waals surface area contributed by atoms with Crippen molar-refractivity contribution in [2.75, 3.05) is 26.0 Å². The second-order valence-electron chi connectivity index (χ2n) is 6.88. The van der Waals surface area contributed by atoms with Crippen LogP contribution in [0.4, 0.5) is 0 Å². The van der Waals surface area contributed by atoms with Gasteiger partial charge in [-0.2, -0.15) is 0 Å². The van der Waals surface area contributed by atoms with Gasteiger partial charge < -0.3 is 10.4 Å². The van der Waals surface area contributed by atoms with Crippen molar-refractivity contribution < 1.29 is 13.5 Å². The molecule has 0 amide bonds. The maximum Gasteiger partial charge on any atom is 0.211 e. The highest BCUT2D eigenvalue weighted by molar-refractivity contribution is 7.88. The van der Waals surface area contributed by atoms with Gasteiger partial charge in [-0.25, -0.2) is 12.7 Å². The van der Waals surface area contributed by atoms with Crippen molar-refractivity contribution in [3.63, 3.8) is 0 Å². The predicted octanol–water partition coefficient (Wildman–Crippen LogP) is 1.16. The van der Waals surface area contributed by atoms with Crippen molar-refractivity contribution in [2.24, 2.45) is 5.92 Å². The molecule has 1 saturated carbocycles. The van der Waals surface area contributed by atoms with Crippen molar-refractivity contribution in [1.29, 1.82) is 0 Å². The van der Waals surface area contributed by atoms with Gasteiger partial charge in [0.15, 0.2) is 0 Å². The summed E-state index contributed by atoms with van der Waals surface area (Å²) in [6.45, 7) is 1.17. The number of rotatable bonds is 7. The second kappa shape index (κ2) is 6.89. The largest absolute Gasteiger partial charge is 0.395 e. The van der Waals surface area contributed by atoms with E-state index in [1.807, 2.05) is 18.2 Å². The van der Waals surface area contributed by atoms with Crippen LogP contribution in [0.1, 0.15) is 30.7 Å². The molecule has 3 rings (SSSR count). The van der Waals surface area contributed by atoms with Gasteiger partial charge in [-0.1, -0.05) is 36.8 Å². The molecule has 1 saturated heterocycles.